The number of benzene rings is 1. The van der Waals surface area contributed by atoms with Crippen LogP contribution in [0.1, 0.15) is 35.5 Å². The molecular formula is C15H16BrN3. The Hall–Kier alpha value is -1.42. The minimum Gasteiger partial charge on any atom is -0.383 e. The van der Waals surface area contributed by atoms with Crippen LogP contribution in [-0.4, -0.2) is 9.97 Å². The molecule has 2 N–H and O–H groups in total. The van der Waals surface area contributed by atoms with Gasteiger partial charge in [-0.25, -0.2) is 9.97 Å². The first kappa shape index (κ1) is 12.6. The van der Waals surface area contributed by atoms with E-state index in [1.54, 1.807) is 0 Å². The number of halogens is 1. The summed E-state index contributed by atoms with van der Waals surface area (Å²) in [5.74, 6) is 1.51. The quantitative estimate of drug-likeness (QED) is 0.924. The summed E-state index contributed by atoms with van der Waals surface area (Å²) in [6.07, 6.45) is 5.20. The number of nitrogens with zero attached hydrogens (tertiary/aromatic N) is 2. The van der Waals surface area contributed by atoms with Crippen molar-refractivity contribution >= 4 is 21.7 Å². The topological polar surface area (TPSA) is 51.8 Å². The maximum Gasteiger partial charge on any atom is 0.135 e. The summed E-state index contributed by atoms with van der Waals surface area (Å²) >= 11 is 3.48. The molecule has 0 spiro atoms. The van der Waals surface area contributed by atoms with Gasteiger partial charge in [-0.15, -0.1) is 0 Å². The van der Waals surface area contributed by atoms with Gasteiger partial charge in [-0.1, -0.05) is 28.1 Å². The fraction of sp³-hybridized carbons (Fsp3) is 0.333. The van der Waals surface area contributed by atoms with E-state index in [1.807, 2.05) is 12.1 Å². The van der Waals surface area contributed by atoms with Gasteiger partial charge in [0.25, 0.3) is 0 Å². The summed E-state index contributed by atoms with van der Waals surface area (Å²) in [6, 6.07) is 8.23. The zero-order chi connectivity index (χ0) is 13.2. The lowest BCUT2D eigenvalue weighted by atomic mass is 9.96. The van der Waals surface area contributed by atoms with E-state index in [4.69, 9.17) is 10.7 Å². The second-order valence-electron chi connectivity index (χ2n) is 4.96. The van der Waals surface area contributed by atoms with Crippen molar-refractivity contribution in [2.75, 3.05) is 5.73 Å². The van der Waals surface area contributed by atoms with E-state index in [9.17, 15) is 0 Å². The molecule has 0 radical (unpaired) electrons. The minimum atomic E-state index is 0.676. The number of nitrogens with two attached hydrogens (primary N) is 1. The van der Waals surface area contributed by atoms with Gasteiger partial charge in [0.05, 0.1) is 0 Å². The van der Waals surface area contributed by atoms with Crippen molar-refractivity contribution in [3.63, 3.8) is 0 Å². The lowest BCUT2D eigenvalue weighted by molar-refractivity contribution is 0.658. The predicted octanol–water partition coefficient (Wildman–Crippen LogP) is 3.29. The monoisotopic (exact) mass is 317 g/mol. The fourth-order valence-corrected chi connectivity index (χ4v) is 3.03. The van der Waals surface area contributed by atoms with E-state index in [-0.39, 0.29) is 0 Å². The molecule has 1 aliphatic rings. The highest BCUT2D eigenvalue weighted by atomic mass is 79.9. The molecule has 0 bridgehead atoms. The third kappa shape index (κ3) is 2.78. The highest BCUT2D eigenvalue weighted by Gasteiger charge is 2.16. The molecule has 0 fully saturated rings. The highest BCUT2D eigenvalue weighted by Crippen LogP contribution is 2.24. The molecule has 0 unspecified atom stereocenters. The molecule has 0 atom stereocenters. The van der Waals surface area contributed by atoms with Gasteiger partial charge >= 0.3 is 0 Å². The molecule has 0 aliphatic heterocycles. The first-order valence-corrected chi connectivity index (χ1v) is 7.40. The molecule has 0 saturated heterocycles. The SMILES string of the molecule is Nc1nc(Cc2cccc(Br)c2)nc2c1CCCC2. The van der Waals surface area contributed by atoms with Gasteiger partial charge in [0.1, 0.15) is 11.6 Å². The summed E-state index contributed by atoms with van der Waals surface area (Å²) in [6.45, 7) is 0. The molecule has 1 aromatic carbocycles. The third-order valence-electron chi connectivity index (χ3n) is 3.51. The summed E-state index contributed by atoms with van der Waals surface area (Å²) in [5, 5.41) is 0. The van der Waals surface area contributed by atoms with E-state index in [1.165, 1.54) is 24.0 Å². The summed E-state index contributed by atoms with van der Waals surface area (Å²) in [5.41, 5.74) is 9.59. The number of aryl methyl sites for hydroxylation is 1. The number of nitrogen functional groups attached to an aromatic ring is 1. The van der Waals surface area contributed by atoms with Crippen LogP contribution in [0.15, 0.2) is 28.7 Å². The number of hydrogen-bond donors (Lipinski definition) is 1. The molecular weight excluding hydrogens is 302 g/mol. The summed E-state index contributed by atoms with van der Waals surface area (Å²) < 4.78 is 1.08. The first-order valence-electron chi connectivity index (χ1n) is 6.61. The number of aromatic nitrogens is 2. The van der Waals surface area contributed by atoms with Crippen LogP contribution in [0.4, 0.5) is 5.82 Å². The van der Waals surface area contributed by atoms with Gasteiger partial charge in [0.2, 0.25) is 0 Å². The van der Waals surface area contributed by atoms with Crippen molar-refractivity contribution in [1.82, 2.24) is 9.97 Å². The number of anilines is 1. The average molecular weight is 318 g/mol. The van der Waals surface area contributed by atoms with Crippen LogP contribution in [-0.2, 0) is 19.3 Å². The molecule has 0 amide bonds. The number of rotatable bonds is 2. The van der Waals surface area contributed by atoms with Crippen LogP contribution >= 0.6 is 15.9 Å². The van der Waals surface area contributed by atoms with Crippen molar-refractivity contribution in [3.8, 4) is 0 Å². The smallest absolute Gasteiger partial charge is 0.135 e. The van der Waals surface area contributed by atoms with E-state index in [0.29, 0.717) is 5.82 Å². The first-order chi connectivity index (χ1) is 9.22. The van der Waals surface area contributed by atoms with Gasteiger partial charge in [0.15, 0.2) is 0 Å². The van der Waals surface area contributed by atoms with Crippen LogP contribution in [0.2, 0.25) is 0 Å². The second-order valence-corrected chi connectivity index (χ2v) is 5.88. The van der Waals surface area contributed by atoms with Gasteiger partial charge in [-0.3, -0.25) is 0 Å². The molecule has 1 aliphatic carbocycles. The van der Waals surface area contributed by atoms with E-state index in [0.717, 1.165) is 35.3 Å². The molecule has 0 saturated carbocycles. The Morgan fingerprint density at radius 2 is 2.00 bits per heavy atom. The average Bonchev–Trinajstić information content (AvgIpc) is 2.39. The zero-order valence-electron chi connectivity index (χ0n) is 10.7. The van der Waals surface area contributed by atoms with Crippen molar-refractivity contribution < 1.29 is 0 Å². The molecule has 98 valence electrons. The van der Waals surface area contributed by atoms with Crippen LogP contribution in [0, 0.1) is 0 Å². The van der Waals surface area contributed by atoms with E-state index in [2.05, 4.69) is 33.0 Å². The van der Waals surface area contributed by atoms with Gasteiger partial charge in [0, 0.05) is 22.2 Å². The predicted molar refractivity (Wildman–Crippen MR) is 80.0 cm³/mol. The molecule has 3 rings (SSSR count). The molecule has 3 nitrogen and oxygen atoms in total. The van der Waals surface area contributed by atoms with Gasteiger partial charge in [-0.2, -0.15) is 0 Å². The fourth-order valence-electron chi connectivity index (χ4n) is 2.58. The van der Waals surface area contributed by atoms with Crippen molar-refractivity contribution in [2.45, 2.75) is 32.1 Å². The Kier molecular flexibility index (Phi) is 3.51. The third-order valence-corrected chi connectivity index (χ3v) is 4.01. The molecule has 1 heterocycles. The Morgan fingerprint density at radius 1 is 1.16 bits per heavy atom. The summed E-state index contributed by atoms with van der Waals surface area (Å²) in [7, 11) is 0. The Bertz CT molecular complexity index is 610. The van der Waals surface area contributed by atoms with Crippen molar-refractivity contribution in [1.29, 1.82) is 0 Å². The van der Waals surface area contributed by atoms with Crippen molar-refractivity contribution in [2.24, 2.45) is 0 Å². The van der Waals surface area contributed by atoms with E-state index < -0.39 is 0 Å². The molecule has 2 aromatic rings. The minimum absolute atomic E-state index is 0.676. The molecule has 1 aromatic heterocycles. The lowest BCUT2D eigenvalue weighted by Gasteiger charge is -2.17. The largest absolute Gasteiger partial charge is 0.383 e. The van der Waals surface area contributed by atoms with Crippen LogP contribution in [0.3, 0.4) is 0 Å². The van der Waals surface area contributed by atoms with Gasteiger partial charge in [-0.05, 0) is 43.4 Å². The lowest BCUT2D eigenvalue weighted by Crippen LogP contribution is -2.13. The Balaban J connectivity index is 1.91. The van der Waals surface area contributed by atoms with Crippen molar-refractivity contribution in [3.05, 3.63) is 51.4 Å². The van der Waals surface area contributed by atoms with Gasteiger partial charge < -0.3 is 5.73 Å². The Labute approximate surface area is 121 Å². The standard InChI is InChI=1S/C15H16BrN3/c16-11-5-3-4-10(8-11)9-14-18-13-7-2-1-6-12(13)15(17)19-14/h3-5,8H,1-2,6-7,9H2,(H2,17,18,19). The second kappa shape index (κ2) is 5.29. The molecule has 4 heteroatoms. The Morgan fingerprint density at radius 3 is 2.84 bits per heavy atom. The maximum absolute atomic E-state index is 6.07. The van der Waals surface area contributed by atoms with E-state index >= 15 is 0 Å². The van der Waals surface area contributed by atoms with Crippen LogP contribution in [0.5, 0.6) is 0 Å². The molecule has 19 heavy (non-hydrogen) atoms. The number of hydrogen-bond acceptors (Lipinski definition) is 3. The maximum atomic E-state index is 6.07. The van der Waals surface area contributed by atoms with Crippen LogP contribution in [0.25, 0.3) is 0 Å². The summed E-state index contributed by atoms with van der Waals surface area (Å²) in [4.78, 5) is 9.16. The highest BCUT2D eigenvalue weighted by molar-refractivity contribution is 9.10. The zero-order valence-corrected chi connectivity index (χ0v) is 12.3. The van der Waals surface area contributed by atoms with Crippen LogP contribution < -0.4 is 5.73 Å². The normalized spacial score (nSPS) is 14.2. The number of fused-ring (bicyclic) bond motifs is 1.